The third kappa shape index (κ3) is 1.63. The van der Waals surface area contributed by atoms with Crippen molar-refractivity contribution < 1.29 is 4.39 Å². The third-order valence-electron chi connectivity index (χ3n) is 4.00. The summed E-state index contributed by atoms with van der Waals surface area (Å²) in [5.41, 5.74) is 2.96. The number of fused-ring (bicyclic) bond motifs is 5. The van der Waals surface area contributed by atoms with E-state index in [0.29, 0.717) is 18.4 Å². The molecule has 106 valence electrons. The normalized spacial score (nSPS) is 11.9. The lowest BCUT2D eigenvalue weighted by Crippen LogP contribution is -1.99. The molecule has 0 atom stereocenters. The minimum absolute atomic E-state index is 0.0764. The van der Waals surface area contributed by atoms with Crippen LogP contribution in [-0.2, 0) is 6.54 Å². The summed E-state index contributed by atoms with van der Waals surface area (Å²) < 4.78 is 14.7. The first kappa shape index (κ1) is 12.2. The summed E-state index contributed by atoms with van der Waals surface area (Å²) in [5.74, 6) is 0. The van der Waals surface area contributed by atoms with Gasteiger partial charge >= 0.3 is 0 Å². The predicted molar refractivity (Wildman–Crippen MR) is 82.5 cm³/mol. The number of pyridine rings is 1. The van der Waals surface area contributed by atoms with Gasteiger partial charge in [-0.15, -0.1) is 0 Å². The lowest BCUT2D eigenvalue weighted by molar-refractivity contribution is 0.452. The molecule has 0 aliphatic rings. The number of hydrogen-bond donors (Lipinski definition) is 2. The van der Waals surface area contributed by atoms with E-state index in [-0.39, 0.29) is 12.2 Å². The number of aromatic nitrogens is 3. The highest BCUT2D eigenvalue weighted by molar-refractivity contribution is 6.19. The molecule has 0 amide bonds. The minimum Gasteiger partial charge on any atom is -0.359 e. The van der Waals surface area contributed by atoms with Crippen molar-refractivity contribution in [3.8, 4) is 0 Å². The molecule has 0 spiro atoms. The fourth-order valence-electron chi connectivity index (χ4n) is 3.10. The lowest BCUT2D eigenvalue weighted by atomic mass is 10.1. The molecule has 0 aliphatic heterocycles. The summed E-state index contributed by atoms with van der Waals surface area (Å²) in [5, 5.41) is 2.61. The Morgan fingerprint density at radius 2 is 2.00 bits per heavy atom. The van der Waals surface area contributed by atoms with E-state index in [1.807, 2.05) is 30.5 Å². The second-order valence-corrected chi connectivity index (χ2v) is 5.16. The molecular weight excluding hydrogens is 269 g/mol. The van der Waals surface area contributed by atoms with E-state index in [0.717, 1.165) is 27.3 Å². The number of nitrogens with zero attached hydrogens (tertiary/aromatic N) is 1. The first-order chi connectivity index (χ1) is 10.3. The number of aryl methyl sites for hydroxylation is 1. The standard InChI is InChI=1S/C16H14FN3O/c17-6-2-8-20-12-5-4-10-11(9-19-16(10)21)14(12)15-13(20)3-1-7-18-15/h1,3-5,7,9,18H,2,6,8H2,(H,19,21). The van der Waals surface area contributed by atoms with E-state index >= 15 is 0 Å². The Morgan fingerprint density at radius 1 is 1.10 bits per heavy atom. The molecule has 0 fully saturated rings. The van der Waals surface area contributed by atoms with Crippen LogP contribution in [-0.4, -0.2) is 21.2 Å². The molecule has 0 bridgehead atoms. The fourth-order valence-corrected chi connectivity index (χ4v) is 3.10. The fraction of sp³-hybridized carbons (Fsp3) is 0.188. The molecule has 4 nitrogen and oxygen atoms in total. The summed E-state index contributed by atoms with van der Waals surface area (Å²) in [6.45, 7) is 0.281. The van der Waals surface area contributed by atoms with Crippen molar-refractivity contribution in [1.82, 2.24) is 14.5 Å². The number of benzene rings is 1. The van der Waals surface area contributed by atoms with Gasteiger partial charge in [-0.05, 0) is 30.7 Å². The quantitative estimate of drug-likeness (QED) is 0.595. The zero-order valence-corrected chi connectivity index (χ0v) is 11.3. The van der Waals surface area contributed by atoms with Crippen molar-refractivity contribution in [1.29, 1.82) is 0 Å². The van der Waals surface area contributed by atoms with Crippen LogP contribution in [0.3, 0.4) is 0 Å². The Labute approximate surface area is 119 Å². The highest BCUT2D eigenvalue weighted by Crippen LogP contribution is 2.32. The van der Waals surface area contributed by atoms with Crippen LogP contribution in [0.2, 0.25) is 0 Å². The number of nitrogens with one attached hydrogen (secondary N) is 2. The molecule has 2 N–H and O–H groups in total. The van der Waals surface area contributed by atoms with Gasteiger partial charge in [-0.1, -0.05) is 0 Å². The van der Waals surface area contributed by atoms with Crippen molar-refractivity contribution in [2.45, 2.75) is 13.0 Å². The van der Waals surface area contributed by atoms with Gasteiger partial charge in [0, 0.05) is 35.1 Å². The number of H-pyrrole nitrogens is 2. The van der Waals surface area contributed by atoms with E-state index < -0.39 is 0 Å². The average Bonchev–Trinajstić information content (AvgIpc) is 3.04. The van der Waals surface area contributed by atoms with Crippen molar-refractivity contribution in [2.24, 2.45) is 0 Å². The zero-order chi connectivity index (χ0) is 14.4. The number of aromatic amines is 2. The lowest BCUT2D eigenvalue weighted by Gasteiger charge is -2.05. The van der Waals surface area contributed by atoms with Crippen LogP contribution in [0, 0.1) is 0 Å². The Hall–Kier alpha value is -2.56. The number of alkyl halides is 1. The molecule has 3 heterocycles. The molecule has 4 rings (SSSR count). The summed E-state index contributed by atoms with van der Waals surface area (Å²) in [7, 11) is 0. The van der Waals surface area contributed by atoms with Gasteiger partial charge in [0.2, 0.25) is 0 Å². The van der Waals surface area contributed by atoms with Gasteiger partial charge in [-0.3, -0.25) is 9.18 Å². The Balaban J connectivity index is 2.20. The van der Waals surface area contributed by atoms with Gasteiger partial charge in [-0.25, -0.2) is 0 Å². The van der Waals surface area contributed by atoms with Crippen LogP contribution in [0.4, 0.5) is 4.39 Å². The second kappa shape index (κ2) is 4.48. The van der Waals surface area contributed by atoms with Gasteiger partial charge < -0.3 is 14.5 Å². The molecule has 5 heteroatoms. The Morgan fingerprint density at radius 3 is 2.86 bits per heavy atom. The first-order valence-corrected chi connectivity index (χ1v) is 6.97. The monoisotopic (exact) mass is 283 g/mol. The maximum Gasteiger partial charge on any atom is 0.255 e. The van der Waals surface area contributed by atoms with Gasteiger partial charge in [-0.2, -0.15) is 0 Å². The van der Waals surface area contributed by atoms with Crippen LogP contribution in [0.25, 0.3) is 32.7 Å². The van der Waals surface area contributed by atoms with Gasteiger partial charge in [0.05, 0.1) is 23.2 Å². The van der Waals surface area contributed by atoms with Crippen molar-refractivity contribution in [2.75, 3.05) is 6.67 Å². The second-order valence-electron chi connectivity index (χ2n) is 5.16. The Kier molecular flexibility index (Phi) is 2.60. The molecule has 0 saturated carbocycles. The molecule has 0 saturated heterocycles. The number of rotatable bonds is 3. The average molecular weight is 283 g/mol. The van der Waals surface area contributed by atoms with Crippen molar-refractivity contribution >= 4 is 32.7 Å². The molecule has 0 unspecified atom stereocenters. The Bertz CT molecular complexity index is 1010. The molecule has 21 heavy (non-hydrogen) atoms. The summed E-state index contributed by atoms with van der Waals surface area (Å²) in [6, 6.07) is 7.72. The molecule has 0 radical (unpaired) electrons. The molecule has 1 aromatic carbocycles. The van der Waals surface area contributed by atoms with E-state index in [1.54, 1.807) is 6.20 Å². The third-order valence-corrected chi connectivity index (χ3v) is 4.00. The summed E-state index contributed by atoms with van der Waals surface area (Å²) in [4.78, 5) is 17.8. The largest absolute Gasteiger partial charge is 0.359 e. The molecule has 3 aromatic heterocycles. The van der Waals surface area contributed by atoms with Gasteiger partial charge in [0.25, 0.3) is 5.56 Å². The van der Waals surface area contributed by atoms with Crippen LogP contribution in [0.15, 0.2) is 41.5 Å². The molecule has 4 aromatic rings. The molecular formula is C16H14FN3O. The SMILES string of the molecule is O=c1[nH]cc2c1ccc1c2c2[nH]cccc2n1CCCF. The van der Waals surface area contributed by atoms with Crippen LogP contribution < -0.4 is 5.56 Å². The minimum atomic E-state index is -0.338. The van der Waals surface area contributed by atoms with Crippen LogP contribution in [0.1, 0.15) is 6.42 Å². The first-order valence-electron chi connectivity index (χ1n) is 6.97. The van der Waals surface area contributed by atoms with E-state index in [4.69, 9.17) is 0 Å². The van der Waals surface area contributed by atoms with Crippen molar-refractivity contribution in [3.05, 3.63) is 47.0 Å². The zero-order valence-electron chi connectivity index (χ0n) is 11.3. The van der Waals surface area contributed by atoms with Gasteiger partial charge in [0.1, 0.15) is 0 Å². The number of hydrogen-bond acceptors (Lipinski definition) is 1. The highest BCUT2D eigenvalue weighted by atomic mass is 19.1. The topological polar surface area (TPSA) is 53.6 Å². The van der Waals surface area contributed by atoms with E-state index in [9.17, 15) is 9.18 Å². The predicted octanol–water partition coefficient (Wildman–Crippen LogP) is 3.32. The smallest absolute Gasteiger partial charge is 0.255 e. The van der Waals surface area contributed by atoms with Crippen LogP contribution >= 0.6 is 0 Å². The number of halogens is 1. The highest BCUT2D eigenvalue weighted by Gasteiger charge is 2.14. The summed E-state index contributed by atoms with van der Waals surface area (Å²) >= 11 is 0. The maximum atomic E-state index is 12.6. The maximum absolute atomic E-state index is 12.6. The van der Waals surface area contributed by atoms with E-state index in [2.05, 4.69) is 14.5 Å². The van der Waals surface area contributed by atoms with Crippen molar-refractivity contribution in [3.63, 3.8) is 0 Å². The molecule has 0 aliphatic carbocycles. The summed E-state index contributed by atoms with van der Waals surface area (Å²) in [6.07, 6.45) is 4.09. The van der Waals surface area contributed by atoms with E-state index in [1.165, 1.54) is 0 Å². The van der Waals surface area contributed by atoms with Gasteiger partial charge in [0.15, 0.2) is 0 Å². The van der Waals surface area contributed by atoms with Crippen LogP contribution in [0.5, 0.6) is 0 Å².